The molecule has 4 aromatic rings. The molecule has 0 radical (unpaired) electrons. The first-order valence-electron chi connectivity index (χ1n) is 23.3. The highest BCUT2D eigenvalue weighted by molar-refractivity contribution is 7.90. The van der Waals surface area contributed by atoms with Gasteiger partial charge in [0, 0.05) is 92.0 Å². The lowest BCUT2D eigenvalue weighted by atomic mass is 9.72. The van der Waals surface area contributed by atoms with Crippen molar-refractivity contribution in [3.05, 3.63) is 116 Å². The van der Waals surface area contributed by atoms with Crippen molar-refractivity contribution in [1.29, 1.82) is 0 Å². The highest BCUT2D eigenvalue weighted by atomic mass is 35.5. The summed E-state index contributed by atoms with van der Waals surface area (Å²) in [6.07, 6.45) is 6.76. The predicted octanol–water partition coefficient (Wildman–Crippen LogP) is 8.50. The summed E-state index contributed by atoms with van der Waals surface area (Å²) >= 11 is 6.25. The van der Waals surface area contributed by atoms with Crippen molar-refractivity contribution in [2.45, 2.75) is 82.2 Å². The van der Waals surface area contributed by atoms with Crippen LogP contribution in [0.5, 0.6) is 11.5 Å². The van der Waals surface area contributed by atoms with E-state index in [1.54, 1.807) is 30.3 Å². The van der Waals surface area contributed by atoms with Crippen LogP contribution >= 0.6 is 11.6 Å². The predicted molar refractivity (Wildman–Crippen MR) is 260 cm³/mol. The molecule has 3 fully saturated rings. The molecule has 0 atom stereocenters. The van der Waals surface area contributed by atoms with Crippen LogP contribution < -0.4 is 25.0 Å². The van der Waals surface area contributed by atoms with Gasteiger partial charge in [-0.25, -0.2) is 13.1 Å². The summed E-state index contributed by atoms with van der Waals surface area (Å²) in [4.78, 5) is 44.9. The Kier molecular flexibility index (Phi) is 13.6. The minimum Gasteiger partial charge on any atom is -0.456 e. The van der Waals surface area contributed by atoms with E-state index in [4.69, 9.17) is 21.1 Å². The lowest BCUT2D eigenvalue weighted by Crippen LogP contribution is -2.47. The Balaban J connectivity index is 0.915. The molecule has 2 aliphatic carbocycles. The number of hydrogen-bond acceptors (Lipinski definition) is 12. The lowest BCUT2D eigenvalue weighted by Gasteiger charge is -2.39. The topological polar surface area (TPSA) is 176 Å². The minimum atomic E-state index is -4.60. The van der Waals surface area contributed by atoms with Gasteiger partial charge in [-0.15, -0.1) is 0 Å². The van der Waals surface area contributed by atoms with Crippen LogP contribution in [0.1, 0.15) is 80.3 Å². The molecule has 1 saturated carbocycles. The van der Waals surface area contributed by atoms with Gasteiger partial charge >= 0.3 is 0 Å². The Morgan fingerprint density at radius 2 is 1.69 bits per heavy atom. The molecule has 354 valence electrons. The van der Waals surface area contributed by atoms with Crippen LogP contribution in [0, 0.1) is 15.5 Å². The fourth-order valence-corrected chi connectivity index (χ4v) is 11.4. The zero-order valence-corrected chi connectivity index (χ0v) is 39.6. The van der Waals surface area contributed by atoms with E-state index in [1.165, 1.54) is 34.9 Å². The summed E-state index contributed by atoms with van der Waals surface area (Å²) in [6, 6.07) is 22.5. The van der Waals surface area contributed by atoms with Crippen molar-refractivity contribution in [3.63, 3.8) is 0 Å². The molecule has 67 heavy (non-hydrogen) atoms. The summed E-state index contributed by atoms with van der Waals surface area (Å²) in [7, 11) is -4.60. The van der Waals surface area contributed by atoms with E-state index >= 15 is 0 Å². The third-order valence-corrected chi connectivity index (χ3v) is 15.6. The van der Waals surface area contributed by atoms with Crippen molar-refractivity contribution in [2.24, 2.45) is 5.41 Å². The number of piperazine rings is 1. The molecular formula is C50H58ClN7O8S. The Morgan fingerprint density at radius 3 is 2.42 bits per heavy atom. The van der Waals surface area contributed by atoms with Crippen LogP contribution in [0.25, 0.3) is 5.57 Å². The number of ether oxygens (including phenoxy) is 2. The molecule has 3 N–H and O–H groups in total. The number of anilines is 3. The van der Waals surface area contributed by atoms with Crippen molar-refractivity contribution < 1.29 is 32.4 Å². The second-order valence-corrected chi connectivity index (χ2v) is 21.3. The summed E-state index contributed by atoms with van der Waals surface area (Å²) < 4.78 is 41.8. The lowest BCUT2D eigenvalue weighted by molar-refractivity contribution is -0.384. The molecule has 2 amide bonds. The Labute approximate surface area is 397 Å². The van der Waals surface area contributed by atoms with Gasteiger partial charge in [-0.3, -0.25) is 29.5 Å². The third-order valence-electron chi connectivity index (χ3n) is 14.0. The largest absolute Gasteiger partial charge is 0.456 e. The van der Waals surface area contributed by atoms with Gasteiger partial charge in [0.1, 0.15) is 17.2 Å². The SMILES string of the molecule is CC1(C)CCC(CN2CCN(c3ccc(C(=O)NS(=O)(=O)c4ccc(NC5CCC(N6CCOCC6)CC5)c([N+](=O)[O-])c4)c(Oc4cccc5c4CC(=O)N5)c3)CC2)=C(c2ccc(Cl)cc2)C1. The molecule has 2 saturated heterocycles. The Hall–Kier alpha value is -5.52. The van der Waals surface area contributed by atoms with Crippen molar-refractivity contribution >= 4 is 61.8 Å². The quantitative estimate of drug-likeness (QED) is 0.0863. The smallest absolute Gasteiger partial charge is 0.293 e. The molecule has 0 bridgehead atoms. The maximum Gasteiger partial charge on any atom is 0.293 e. The second kappa shape index (κ2) is 19.6. The molecule has 17 heteroatoms. The van der Waals surface area contributed by atoms with E-state index in [1.807, 2.05) is 12.1 Å². The number of nitrogens with zero attached hydrogens (tertiary/aromatic N) is 4. The number of rotatable bonds is 13. The molecule has 0 unspecified atom stereocenters. The van der Waals surface area contributed by atoms with E-state index < -0.39 is 31.4 Å². The summed E-state index contributed by atoms with van der Waals surface area (Å²) in [5.74, 6) is -0.725. The first-order chi connectivity index (χ1) is 32.2. The number of amides is 2. The maximum absolute atomic E-state index is 14.1. The molecule has 0 spiro atoms. The number of fused-ring (bicyclic) bond motifs is 1. The van der Waals surface area contributed by atoms with Crippen LogP contribution in [0.2, 0.25) is 5.02 Å². The van der Waals surface area contributed by atoms with E-state index in [2.05, 4.69) is 56.0 Å². The van der Waals surface area contributed by atoms with E-state index in [0.717, 1.165) is 108 Å². The number of halogens is 1. The van der Waals surface area contributed by atoms with Crippen LogP contribution in [-0.4, -0.2) is 106 Å². The minimum absolute atomic E-state index is 0.0100. The monoisotopic (exact) mass is 951 g/mol. The number of allylic oxidation sites excluding steroid dienone is 1. The summed E-state index contributed by atoms with van der Waals surface area (Å²) in [5, 5.41) is 19.2. The molecule has 15 nitrogen and oxygen atoms in total. The number of carbonyl (C=O) groups is 2. The van der Waals surface area contributed by atoms with Gasteiger partial charge in [0.25, 0.3) is 21.6 Å². The normalized spacial score (nSPS) is 21.4. The van der Waals surface area contributed by atoms with Gasteiger partial charge in [0.05, 0.1) is 35.0 Å². The standard InChI is InChI=1S/C50H58ClN7O8S/c1-50(2)19-18-34(42(31-50)33-6-8-35(51)9-7-33)32-55-20-22-56(23-21-55)38-14-16-40(47(28-38)66-46-5-3-4-43-41(46)30-48(59)53-43)49(60)54-67(63,64)39-15-17-44(45(29-39)58(61)62)52-36-10-12-37(13-11-36)57-24-26-65-27-25-57/h3-9,14-17,28-29,36-37,52H,10-13,18-27,30-32H2,1-2H3,(H,53,59)(H,54,60). The molecule has 4 aromatic carbocycles. The molecule has 5 aliphatic rings. The molecule has 3 aliphatic heterocycles. The van der Waals surface area contributed by atoms with Gasteiger partial charge in [-0.2, -0.15) is 0 Å². The average molecular weight is 953 g/mol. The van der Waals surface area contributed by atoms with E-state index in [9.17, 15) is 28.1 Å². The fraction of sp³-hybridized carbons (Fsp3) is 0.440. The van der Waals surface area contributed by atoms with Crippen molar-refractivity contribution in [1.82, 2.24) is 14.5 Å². The van der Waals surface area contributed by atoms with Crippen molar-refractivity contribution in [3.8, 4) is 11.5 Å². The number of nitro benzene ring substituents is 1. The first kappa shape index (κ1) is 46.6. The number of hydrogen-bond donors (Lipinski definition) is 3. The number of nitro groups is 1. The van der Waals surface area contributed by atoms with Gasteiger partial charge in [-0.05, 0) is 110 Å². The fourth-order valence-electron chi connectivity index (χ4n) is 10.2. The first-order valence-corrected chi connectivity index (χ1v) is 25.2. The van der Waals surface area contributed by atoms with Gasteiger partial charge in [0.15, 0.2) is 0 Å². The van der Waals surface area contributed by atoms with E-state index in [-0.39, 0.29) is 40.8 Å². The number of nitrogens with one attached hydrogen (secondary N) is 3. The molecule has 0 aromatic heterocycles. The Bertz CT molecular complexity index is 2670. The molecule has 9 rings (SSSR count). The highest BCUT2D eigenvalue weighted by Gasteiger charge is 2.33. The molecule has 3 heterocycles. The zero-order valence-electron chi connectivity index (χ0n) is 38.0. The van der Waals surface area contributed by atoms with Gasteiger partial charge in [-0.1, -0.05) is 49.2 Å². The van der Waals surface area contributed by atoms with Gasteiger partial charge in [0.2, 0.25) is 5.91 Å². The van der Waals surface area contributed by atoms with Crippen molar-refractivity contribution in [2.75, 3.05) is 74.6 Å². The zero-order chi connectivity index (χ0) is 46.9. The highest BCUT2D eigenvalue weighted by Crippen LogP contribution is 2.44. The second-order valence-electron chi connectivity index (χ2n) is 19.2. The third kappa shape index (κ3) is 10.8. The van der Waals surface area contributed by atoms with Crippen LogP contribution in [-0.2, 0) is 26.0 Å². The van der Waals surface area contributed by atoms with Crippen LogP contribution in [0.15, 0.2) is 89.3 Å². The van der Waals surface area contributed by atoms with Crippen LogP contribution in [0.4, 0.5) is 22.7 Å². The summed E-state index contributed by atoms with van der Waals surface area (Å²) in [5.41, 5.74) is 6.04. The average Bonchev–Trinajstić information content (AvgIpc) is 3.71. The van der Waals surface area contributed by atoms with E-state index in [0.29, 0.717) is 36.1 Å². The van der Waals surface area contributed by atoms with Crippen LogP contribution in [0.3, 0.4) is 0 Å². The molecular weight excluding hydrogens is 894 g/mol. The number of sulfonamides is 1. The Morgan fingerprint density at radius 1 is 0.940 bits per heavy atom. The maximum atomic E-state index is 14.1. The number of morpholine rings is 1. The summed E-state index contributed by atoms with van der Waals surface area (Å²) in [6.45, 7) is 11.8. The number of carbonyl (C=O) groups excluding carboxylic acids is 2. The van der Waals surface area contributed by atoms with Gasteiger partial charge < -0.3 is 25.0 Å². The number of benzene rings is 4.